The molecule has 1 aliphatic rings. The molecule has 1 aromatic heterocycles. The molecule has 0 radical (unpaired) electrons. The molecule has 31 heavy (non-hydrogen) atoms. The highest BCUT2D eigenvalue weighted by atomic mass is 32.1. The van der Waals surface area contributed by atoms with Gasteiger partial charge in [-0.3, -0.25) is 9.69 Å². The van der Waals surface area contributed by atoms with E-state index in [9.17, 15) is 4.79 Å². The number of nitrogens with zero attached hydrogens (tertiary/aromatic N) is 2. The topological polar surface area (TPSA) is 44.8 Å². The summed E-state index contributed by atoms with van der Waals surface area (Å²) in [5.41, 5.74) is 1.84. The minimum absolute atomic E-state index is 0.0100. The van der Waals surface area contributed by atoms with E-state index in [4.69, 9.17) is 4.74 Å². The number of benzene rings is 2. The zero-order valence-corrected chi connectivity index (χ0v) is 18.8. The predicted octanol–water partition coefficient (Wildman–Crippen LogP) is 4.44. The molecule has 1 fully saturated rings. The summed E-state index contributed by atoms with van der Waals surface area (Å²) in [4.78, 5) is 18.9. The van der Waals surface area contributed by atoms with Crippen molar-refractivity contribution in [3.8, 4) is 5.75 Å². The lowest BCUT2D eigenvalue weighted by Crippen LogP contribution is -2.52. The average Bonchev–Trinajstić information content (AvgIpc) is 3.34. The van der Waals surface area contributed by atoms with Gasteiger partial charge in [-0.15, -0.1) is 11.3 Å². The Kier molecular flexibility index (Phi) is 6.89. The summed E-state index contributed by atoms with van der Waals surface area (Å²) < 4.78 is 5.55. The number of anilines is 1. The van der Waals surface area contributed by atoms with Crippen LogP contribution in [0.5, 0.6) is 5.75 Å². The van der Waals surface area contributed by atoms with Crippen molar-refractivity contribution in [1.29, 1.82) is 0 Å². The number of hydrogen-bond donors (Lipinski definition) is 1. The second-order valence-electron chi connectivity index (χ2n) is 7.78. The zero-order valence-electron chi connectivity index (χ0n) is 18.0. The molecule has 0 saturated carbocycles. The van der Waals surface area contributed by atoms with Crippen molar-refractivity contribution in [2.75, 3.05) is 38.2 Å². The van der Waals surface area contributed by atoms with E-state index in [1.165, 1.54) is 4.88 Å². The van der Waals surface area contributed by atoms with E-state index in [2.05, 4.69) is 51.7 Å². The maximum atomic E-state index is 12.8. The van der Waals surface area contributed by atoms with Gasteiger partial charge < -0.3 is 15.0 Å². The van der Waals surface area contributed by atoms with Crippen LogP contribution < -0.4 is 15.0 Å². The normalized spacial score (nSPS) is 16.5. The Morgan fingerprint density at radius 2 is 1.68 bits per heavy atom. The zero-order chi connectivity index (χ0) is 21.6. The number of nitrogens with one attached hydrogen (secondary N) is 1. The molecule has 1 saturated heterocycles. The van der Waals surface area contributed by atoms with Gasteiger partial charge in [0.25, 0.3) is 5.91 Å². The molecule has 0 unspecified atom stereocenters. The standard InChI is InChI=1S/C25H29N3O2S/c1-19(26-25(29)20-9-4-3-5-10-20)24(23-13-8-18-31-23)28-16-14-27(15-17-28)21-11-6-7-12-22(21)30-2/h3-13,18-19,24H,14-17H2,1-2H3,(H,26,29)/t19-,24-/m1/s1. The van der Waals surface area contributed by atoms with Crippen molar-refractivity contribution in [1.82, 2.24) is 10.2 Å². The Balaban J connectivity index is 1.47. The second kappa shape index (κ2) is 9.98. The molecule has 0 aliphatic carbocycles. The number of thiophene rings is 1. The van der Waals surface area contributed by atoms with E-state index in [0.717, 1.165) is 37.6 Å². The second-order valence-corrected chi connectivity index (χ2v) is 8.76. The van der Waals surface area contributed by atoms with Crippen LogP contribution in [0.4, 0.5) is 5.69 Å². The summed E-state index contributed by atoms with van der Waals surface area (Å²) in [5, 5.41) is 5.35. The maximum absolute atomic E-state index is 12.8. The number of carbonyl (C=O) groups excluding carboxylic acids is 1. The molecule has 6 heteroatoms. The Morgan fingerprint density at radius 3 is 2.35 bits per heavy atom. The van der Waals surface area contributed by atoms with Gasteiger partial charge in [-0.1, -0.05) is 36.4 Å². The number of rotatable bonds is 7. The van der Waals surface area contributed by atoms with Gasteiger partial charge in [-0.25, -0.2) is 0 Å². The molecule has 0 spiro atoms. The SMILES string of the molecule is COc1ccccc1N1CCN([C@@H](c2cccs2)[C@@H](C)NC(=O)c2ccccc2)CC1. The van der Waals surface area contributed by atoms with Gasteiger partial charge >= 0.3 is 0 Å². The minimum Gasteiger partial charge on any atom is -0.495 e. The van der Waals surface area contributed by atoms with Gasteiger partial charge in [-0.05, 0) is 42.6 Å². The van der Waals surface area contributed by atoms with E-state index >= 15 is 0 Å². The van der Waals surface area contributed by atoms with Crippen molar-refractivity contribution in [3.05, 3.63) is 82.6 Å². The van der Waals surface area contributed by atoms with Crippen molar-refractivity contribution in [3.63, 3.8) is 0 Å². The van der Waals surface area contributed by atoms with Crippen molar-refractivity contribution in [2.24, 2.45) is 0 Å². The van der Waals surface area contributed by atoms with Gasteiger partial charge in [-0.2, -0.15) is 0 Å². The first kappa shape index (κ1) is 21.4. The Morgan fingerprint density at radius 1 is 0.968 bits per heavy atom. The highest BCUT2D eigenvalue weighted by molar-refractivity contribution is 7.10. The molecule has 5 nitrogen and oxygen atoms in total. The van der Waals surface area contributed by atoms with Crippen LogP contribution in [0.3, 0.4) is 0 Å². The summed E-state index contributed by atoms with van der Waals surface area (Å²) in [6.07, 6.45) is 0. The summed E-state index contributed by atoms with van der Waals surface area (Å²) in [7, 11) is 1.72. The van der Waals surface area contributed by atoms with Crippen LogP contribution >= 0.6 is 11.3 Å². The monoisotopic (exact) mass is 435 g/mol. The predicted molar refractivity (Wildman–Crippen MR) is 127 cm³/mol. The van der Waals surface area contributed by atoms with E-state index in [-0.39, 0.29) is 18.0 Å². The Labute approximate surface area is 188 Å². The number of para-hydroxylation sites is 2. The molecule has 2 aromatic carbocycles. The van der Waals surface area contributed by atoms with Crippen LogP contribution in [-0.4, -0.2) is 50.1 Å². The number of hydrogen-bond acceptors (Lipinski definition) is 5. The fraction of sp³-hybridized carbons (Fsp3) is 0.320. The number of amides is 1. The number of methoxy groups -OCH3 is 1. The molecule has 1 amide bonds. The van der Waals surface area contributed by atoms with Crippen LogP contribution in [0.1, 0.15) is 28.2 Å². The van der Waals surface area contributed by atoms with Gasteiger partial charge in [0.2, 0.25) is 0 Å². The Bertz CT molecular complexity index is 969. The third kappa shape index (κ3) is 4.92. The lowest BCUT2D eigenvalue weighted by Gasteiger charge is -2.42. The van der Waals surface area contributed by atoms with E-state index < -0.39 is 0 Å². The number of piperazine rings is 1. The van der Waals surface area contributed by atoms with Crippen LogP contribution in [0.25, 0.3) is 0 Å². The summed E-state index contributed by atoms with van der Waals surface area (Å²) in [6, 6.07) is 22.0. The highest BCUT2D eigenvalue weighted by Gasteiger charge is 2.31. The van der Waals surface area contributed by atoms with E-state index in [0.29, 0.717) is 5.56 Å². The third-order valence-electron chi connectivity index (χ3n) is 5.84. The largest absolute Gasteiger partial charge is 0.495 e. The lowest BCUT2D eigenvalue weighted by atomic mass is 10.0. The summed E-state index contributed by atoms with van der Waals surface area (Å²) >= 11 is 1.75. The lowest BCUT2D eigenvalue weighted by molar-refractivity contribution is 0.0890. The van der Waals surface area contributed by atoms with Crippen molar-refractivity contribution in [2.45, 2.75) is 19.0 Å². The number of ether oxygens (including phenoxy) is 1. The first-order valence-corrected chi connectivity index (χ1v) is 11.6. The molecule has 3 aromatic rings. The highest BCUT2D eigenvalue weighted by Crippen LogP contribution is 2.32. The molecular formula is C25H29N3O2S. The first-order valence-electron chi connectivity index (χ1n) is 10.7. The first-order chi connectivity index (χ1) is 15.2. The van der Waals surface area contributed by atoms with Crippen molar-refractivity contribution < 1.29 is 9.53 Å². The van der Waals surface area contributed by atoms with Gasteiger partial charge in [0, 0.05) is 42.7 Å². The van der Waals surface area contributed by atoms with E-state index in [1.807, 2.05) is 42.5 Å². The molecular weight excluding hydrogens is 406 g/mol. The minimum atomic E-state index is -0.0256. The molecule has 4 rings (SSSR count). The molecule has 2 atom stereocenters. The fourth-order valence-electron chi connectivity index (χ4n) is 4.29. The third-order valence-corrected chi connectivity index (χ3v) is 6.78. The summed E-state index contributed by atoms with van der Waals surface area (Å²) in [5.74, 6) is 0.886. The Hall–Kier alpha value is -2.83. The quantitative estimate of drug-likeness (QED) is 0.596. The number of carbonyl (C=O) groups is 1. The van der Waals surface area contributed by atoms with Crippen LogP contribution in [0.15, 0.2) is 72.1 Å². The fourth-order valence-corrected chi connectivity index (χ4v) is 5.26. The molecule has 0 bridgehead atoms. The molecule has 2 heterocycles. The maximum Gasteiger partial charge on any atom is 0.251 e. The average molecular weight is 436 g/mol. The van der Waals surface area contributed by atoms with Crippen LogP contribution in [0.2, 0.25) is 0 Å². The molecule has 1 aliphatic heterocycles. The molecule has 162 valence electrons. The van der Waals surface area contributed by atoms with Crippen molar-refractivity contribution >= 4 is 22.9 Å². The van der Waals surface area contributed by atoms with Gasteiger partial charge in [0.05, 0.1) is 18.8 Å². The summed E-state index contributed by atoms with van der Waals surface area (Å²) in [6.45, 7) is 5.79. The van der Waals surface area contributed by atoms with Gasteiger partial charge in [0.1, 0.15) is 5.75 Å². The van der Waals surface area contributed by atoms with E-state index in [1.54, 1.807) is 18.4 Å². The van der Waals surface area contributed by atoms with Gasteiger partial charge in [0.15, 0.2) is 0 Å². The van der Waals surface area contributed by atoms with Crippen LogP contribution in [-0.2, 0) is 0 Å². The smallest absolute Gasteiger partial charge is 0.251 e. The van der Waals surface area contributed by atoms with Crippen LogP contribution in [0, 0.1) is 0 Å². The molecule has 1 N–H and O–H groups in total.